The molecule has 3 heteroatoms. The summed E-state index contributed by atoms with van der Waals surface area (Å²) in [6.45, 7) is 8.71. The zero-order valence-corrected chi connectivity index (χ0v) is 16.4. The molecule has 0 amide bonds. The van der Waals surface area contributed by atoms with Crippen molar-refractivity contribution in [3.05, 3.63) is 83.3 Å². The topological polar surface area (TPSA) is 37.9 Å². The van der Waals surface area contributed by atoms with Gasteiger partial charge in [-0.3, -0.25) is 9.98 Å². The SMILES string of the molecule is CC(C)c1cccc(N=Cc2ccc(C=Nc3cccc(C(C)C)c3)o2)c1. The molecule has 2 aromatic carbocycles. The second-order valence-corrected chi connectivity index (χ2v) is 7.26. The third-order valence-electron chi connectivity index (χ3n) is 4.40. The third kappa shape index (κ3) is 5.27. The molecule has 1 heterocycles. The quantitative estimate of drug-likeness (QED) is 0.436. The maximum atomic E-state index is 5.78. The fourth-order valence-corrected chi connectivity index (χ4v) is 2.71. The number of hydrogen-bond acceptors (Lipinski definition) is 3. The van der Waals surface area contributed by atoms with E-state index in [2.05, 4.69) is 61.9 Å². The lowest BCUT2D eigenvalue weighted by atomic mass is 10.0. The van der Waals surface area contributed by atoms with E-state index in [-0.39, 0.29) is 0 Å². The number of rotatable bonds is 6. The maximum absolute atomic E-state index is 5.78. The Morgan fingerprint density at radius 1 is 0.667 bits per heavy atom. The van der Waals surface area contributed by atoms with Gasteiger partial charge >= 0.3 is 0 Å². The standard InChI is InChI=1S/C24H26N2O/c1-17(2)19-7-5-9-21(13-19)25-15-23-11-12-24(27-23)16-26-22-10-6-8-20(14-22)18(3)4/h5-18H,1-4H3. The summed E-state index contributed by atoms with van der Waals surface area (Å²) in [5.41, 5.74) is 4.41. The Kier molecular flexibility index (Phi) is 6.02. The molecule has 0 spiro atoms. The third-order valence-corrected chi connectivity index (χ3v) is 4.40. The van der Waals surface area contributed by atoms with Crippen LogP contribution in [0.25, 0.3) is 0 Å². The first-order chi connectivity index (χ1) is 13.0. The fourth-order valence-electron chi connectivity index (χ4n) is 2.71. The van der Waals surface area contributed by atoms with E-state index in [1.165, 1.54) is 11.1 Å². The summed E-state index contributed by atoms with van der Waals surface area (Å²) >= 11 is 0. The molecule has 27 heavy (non-hydrogen) atoms. The largest absolute Gasteiger partial charge is 0.454 e. The minimum Gasteiger partial charge on any atom is -0.454 e. The molecule has 0 atom stereocenters. The summed E-state index contributed by atoms with van der Waals surface area (Å²) in [7, 11) is 0. The number of furan rings is 1. The van der Waals surface area contributed by atoms with Crippen molar-refractivity contribution in [1.29, 1.82) is 0 Å². The lowest BCUT2D eigenvalue weighted by molar-refractivity contribution is 0.553. The van der Waals surface area contributed by atoms with Crippen LogP contribution in [-0.2, 0) is 0 Å². The molecule has 3 nitrogen and oxygen atoms in total. The van der Waals surface area contributed by atoms with Gasteiger partial charge in [-0.05, 0) is 59.4 Å². The van der Waals surface area contributed by atoms with Gasteiger partial charge in [0, 0.05) is 0 Å². The van der Waals surface area contributed by atoms with Crippen LogP contribution in [0.3, 0.4) is 0 Å². The summed E-state index contributed by atoms with van der Waals surface area (Å²) < 4.78 is 5.78. The molecule has 3 aromatic rings. The molecular formula is C24H26N2O. The van der Waals surface area contributed by atoms with Crippen LogP contribution in [0.1, 0.15) is 62.2 Å². The summed E-state index contributed by atoms with van der Waals surface area (Å²) in [6, 6.07) is 20.3. The Balaban J connectivity index is 1.70. The van der Waals surface area contributed by atoms with Crippen LogP contribution < -0.4 is 0 Å². The molecule has 0 saturated carbocycles. The number of benzene rings is 2. The van der Waals surface area contributed by atoms with Crippen LogP contribution in [0.5, 0.6) is 0 Å². The van der Waals surface area contributed by atoms with Crippen molar-refractivity contribution in [1.82, 2.24) is 0 Å². The molecule has 0 aliphatic rings. The predicted molar refractivity (Wildman–Crippen MR) is 114 cm³/mol. The van der Waals surface area contributed by atoms with Crippen molar-refractivity contribution in [2.24, 2.45) is 9.98 Å². The van der Waals surface area contributed by atoms with Crippen LogP contribution in [0.2, 0.25) is 0 Å². The monoisotopic (exact) mass is 358 g/mol. The van der Waals surface area contributed by atoms with Crippen LogP contribution >= 0.6 is 0 Å². The molecule has 0 aliphatic heterocycles. The second-order valence-electron chi connectivity index (χ2n) is 7.26. The number of aliphatic imine (C=N–C) groups is 2. The van der Waals surface area contributed by atoms with Crippen molar-refractivity contribution >= 4 is 23.8 Å². The van der Waals surface area contributed by atoms with Crippen molar-refractivity contribution < 1.29 is 4.42 Å². The Labute approximate surface area is 161 Å². The molecule has 0 saturated heterocycles. The van der Waals surface area contributed by atoms with Crippen LogP contribution in [0.4, 0.5) is 11.4 Å². The van der Waals surface area contributed by atoms with Gasteiger partial charge in [-0.1, -0.05) is 52.0 Å². The van der Waals surface area contributed by atoms with Crippen molar-refractivity contribution in [2.45, 2.75) is 39.5 Å². The molecule has 138 valence electrons. The second kappa shape index (κ2) is 8.63. The van der Waals surface area contributed by atoms with Gasteiger partial charge in [0.25, 0.3) is 0 Å². The molecule has 0 unspecified atom stereocenters. The van der Waals surface area contributed by atoms with Gasteiger partial charge in [0.2, 0.25) is 0 Å². The van der Waals surface area contributed by atoms with Gasteiger partial charge < -0.3 is 4.42 Å². The van der Waals surface area contributed by atoms with Gasteiger partial charge in [0.05, 0.1) is 23.8 Å². The zero-order chi connectivity index (χ0) is 19.2. The Bertz CT molecular complexity index is 872. The van der Waals surface area contributed by atoms with Gasteiger partial charge in [-0.25, -0.2) is 0 Å². The highest BCUT2D eigenvalue weighted by Gasteiger charge is 2.02. The maximum Gasteiger partial charge on any atom is 0.145 e. The molecule has 0 aliphatic carbocycles. The first-order valence-electron chi connectivity index (χ1n) is 9.39. The van der Waals surface area contributed by atoms with E-state index in [0.717, 1.165) is 11.4 Å². The highest BCUT2D eigenvalue weighted by Crippen LogP contribution is 2.22. The molecule has 0 radical (unpaired) electrons. The van der Waals surface area contributed by atoms with Gasteiger partial charge in [0.15, 0.2) is 0 Å². The van der Waals surface area contributed by atoms with E-state index >= 15 is 0 Å². The highest BCUT2D eigenvalue weighted by atomic mass is 16.3. The molecule has 0 fully saturated rings. The Morgan fingerprint density at radius 3 is 1.52 bits per heavy atom. The van der Waals surface area contributed by atoms with E-state index < -0.39 is 0 Å². The molecular weight excluding hydrogens is 332 g/mol. The van der Waals surface area contributed by atoms with Gasteiger partial charge in [0.1, 0.15) is 11.5 Å². The van der Waals surface area contributed by atoms with E-state index in [1.807, 2.05) is 36.4 Å². The van der Waals surface area contributed by atoms with Crippen LogP contribution in [0.15, 0.2) is 75.1 Å². The Hall–Kier alpha value is -2.94. The van der Waals surface area contributed by atoms with E-state index in [1.54, 1.807) is 12.4 Å². The summed E-state index contributed by atoms with van der Waals surface area (Å²) in [5.74, 6) is 2.39. The van der Waals surface area contributed by atoms with Gasteiger partial charge in [-0.15, -0.1) is 0 Å². The van der Waals surface area contributed by atoms with Crippen molar-refractivity contribution in [2.75, 3.05) is 0 Å². The van der Waals surface area contributed by atoms with E-state index in [4.69, 9.17) is 4.42 Å². The van der Waals surface area contributed by atoms with E-state index in [9.17, 15) is 0 Å². The lowest BCUT2D eigenvalue weighted by Gasteiger charge is -2.05. The first-order valence-corrected chi connectivity index (χ1v) is 9.39. The molecule has 0 bridgehead atoms. The van der Waals surface area contributed by atoms with Crippen LogP contribution in [0, 0.1) is 0 Å². The number of nitrogens with zero attached hydrogens (tertiary/aromatic N) is 2. The molecule has 3 rings (SSSR count). The normalized spacial score (nSPS) is 12.1. The molecule has 0 N–H and O–H groups in total. The fraction of sp³-hybridized carbons (Fsp3) is 0.250. The minimum absolute atomic E-state index is 0.487. The minimum atomic E-state index is 0.487. The number of hydrogen-bond donors (Lipinski definition) is 0. The average molecular weight is 358 g/mol. The summed E-state index contributed by atoms with van der Waals surface area (Å²) in [5, 5.41) is 0. The summed E-state index contributed by atoms with van der Waals surface area (Å²) in [4.78, 5) is 9.04. The van der Waals surface area contributed by atoms with Crippen LogP contribution in [-0.4, -0.2) is 12.4 Å². The highest BCUT2D eigenvalue weighted by molar-refractivity contribution is 5.83. The average Bonchev–Trinajstić information content (AvgIpc) is 3.13. The summed E-state index contributed by atoms with van der Waals surface area (Å²) in [6.07, 6.45) is 3.49. The molecule has 1 aromatic heterocycles. The lowest BCUT2D eigenvalue weighted by Crippen LogP contribution is -1.85. The predicted octanol–water partition coefficient (Wildman–Crippen LogP) is 7.03. The van der Waals surface area contributed by atoms with Gasteiger partial charge in [-0.2, -0.15) is 0 Å². The Morgan fingerprint density at radius 2 is 1.11 bits per heavy atom. The zero-order valence-electron chi connectivity index (χ0n) is 16.4. The van der Waals surface area contributed by atoms with Crippen molar-refractivity contribution in [3.63, 3.8) is 0 Å². The van der Waals surface area contributed by atoms with Crippen molar-refractivity contribution in [3.8, 4) is 0 Å². The first kappa shape index (κ1) is 18.8. The smallest absolute Gasteiger partial charge is 0.145 e. The van der Waals surface area contributed by atoms with E-state index in [0.29, 0.717) is 23.4 Å².